The van der Waals surface area contributed by atoms with Crippen LogP contribution in [0.3, 0.4) is 0 Å². The Morgan fingerprint density at radius 3 is 2.33 bits per heavy atom. The molecule has 1 saturated carbocycles. The van der Waals surface area contributed by atoms with Crippen molar-refractivity contribution in [2.75, 3.05) is 0 Å². The van der Waals surface area contributed by atoms with E-state index in [0.717, 1.165) is 0 Å². The number of rotatable bonds is 0. The maximum atomic E-state index is 2.49. The number of allylic oxidation sites excluding steroid dienone is 4. The normalized spacial score (nSPS) is 30.0. The third-order valence-electron chi connectivity index (χ3n) is 3.08. The van der Waals surface area contributed by atoms with Crippen molar-refractivity contribution in [3.8, 4) is 0 Å². The van der Waals surface area contributed by atoms with Gasteiger partial charge < -0.3 is 0 Å². The minimum atomic E-state index is 0.672. The highest BCUT2D eigenvalue weighted by molar-refractivity contribution is 5.10. The van der Waals surface area contributed by atoms with Crippen molar-refractivity contribution in [1.29, 1.82) is 0 Å². The molecule has 0 aromatic carbocycles. The summed E-state index contributed by atoms with van der Waals surface area (Å²) < 4.78 is 0. The predicted octanol–water partition coefficient (Wildman–Crippen LogP) is 3.84. The van der Waals surface area contributed by atoms with Gasteiger partial charge in [0.1, 0.15) is 0 Å². The van der Waals surface area contributed by atoms with Crippen molar-refractivity contribution in [3.05, 3.63) is 24.3 Å². The van der Waals surface area contributed by atoms with Gasteiger partial charge in [0.15, 0.2) is 0 Å². The lowest BCUT2D eigenvalue weighted by Crippen LogP contribution is -1.95. The Kier molecular flexibility index (Phi) is 2.34. The Morgan fingerprint density at radius 1 is 0.750 bits per heavy atom. The minimum Gasteiger partial charge on any atom is -0.0885 e. The molecule has 0 aromatic heterocycles. The van der Waals surface area contributed by atoms with E-state index in [0.29, 0.717) is 5.41 Å². The third kappa shape index (κ3) is 2.00. The van der Waals surface area contributed by atoms with Gasteiger partial charge in [0.2, 0.25) is 0 Å². The fourth-order valence-electron chi connectivity index (χ4n) is 1.99. The van der Waals surface area contributed by atoms with Crippen molar-refractivity contribution in [3.63, 3.8) is 0 Å². The third-order valence-corrected chi connectivity index (χ3v) is 3.08. The van der Waals surface area contributed by atoms with E-state index in [1.54, 1.807) is 0 Å². The van der Waals surface area contributed by atoms with Crippen LogP contribution in [0, 0.1) is 5.41 Å². The van der Waals surface area contributed by atoms with E-state index in [1.165, 1.54) is 44.9 Å². The van der Waals surface area contributed by atoms with E-state index >= 15 is 0 Å². The van der Waals surface area contributed by atoms with Crippen molar-refractivity contribution in [2.45, 2.75) is 44.9 Å². The zero-order valence-electron chi connectivity index (χ0n) is 7.76. The molecule has 0 aromatic rings. The second-order valence-corrected chi connectivity index (χ2v) is 4.21. The second-order valence-electron chi connectivity index (χ2n) is 4.21. The molecule has 2 rings (SSSR count). The van der Waals surface area contributed by atoms with Gasteiger partial charge in [-0.15, -0.1) is 0 Å². The Hall–Kier alpha value is -0.520. The molecule has 0 nitrogen and oxygen atoms in total. The molecule has 0 amide bonds. The summed E-state index contributed by atoms with van der Waals surface area (Å²) in [5, 5.41) is 0. The molecule has 0 unspecified atom stereocenters. The smallest absolute Gasteiger partial charge is 0.0117 e. The molecule has 12 heavy (non-hydrogen) atoms. The van der Waals surface area contributed by atoms with E-state index in [4.69, 9.17) is 0 Å². The van der Waals surface area contributed by atoms with Crippen LogP contribution in [0.25, 0.3) is 0 Å². The van der Waals surface area contributed by atoms with Gasteiger partial charge in [-0.3, -0.25) is 0 Å². The van der Waals surface area contributed by atoms with Gasteiger partial charge in [0.25, 0.3) is 0 Å². The zero-order valence-corrected chi connectivity index (χ0v) is 7.76. The fraction of sp³-hybridized carbons (Fsp3) is 0.667. The molecule has 2 aliphatic rings. The molecule has 2 aliphatic carbocycles. The van der Waals surface area contributed by atoms with Crippen LogP contribution in [0.2, 0.25) is 0 Å². The standard InChI is InChI=1S/C12H18/c1-2-4-6-8-12(10-11-12)9-7-5-3-1/h1-2,7,9H,3-6,8,10-11H2/b2-1?,9-7-. The largest absolute Gasteiger partial charge is 0.0885 e. The van der Waals surface area contributed by atoms with Crippen LogP contribution in [0.4, 0.5) is 0 Å². The van der Waals surface area contributed by atoms with E-state index in [2.05, 4.69) is 24.3 Å². The highest BCUT2D eigenvalue weighted by atomic mass is 14.4. The Bertz CT molecular complexity index is 194. The van der Waals surface area contributed by atoms with Gasteiger partial charge in [-0.1, -0.05) is 24.3 Å². The van der Waals surface area contributed by atoms with Gasteiger partial charge in [0.05, 0.1) is 0 Å². The maximum absolute atomic E-state index is 2.49. The Labute approximate surface area is 75.4 Å². The van der Waals surface area contributed by atoms with Crippen LogP contribution in [0.1, 0.15) is 44.9 Å². The van der Waals surface area contributed by atoms with Crippen LogP contribution in [-0.4, -0.2) is 0 Å². The summed E-state index contributed by atoms with van der Waals surface area (Å²) in [6.45, 7) is 0. The quantitative estimate of drug-likeness (QED) is 0.475. The summed E-state index contributed by atoms with van der Waals surface area (Å²) >= 11 is 0. The first-order valence-corrected chi connectivity index (χ1v) is 5.24. The van der Waals surface area contributed by atoms with Crippen LogP contribution in [0.15, 0.2) is 24.3 Å². The topological polar surface area (TPSA) is 0 Å². The Balaban J connectivity index is 1.93. The average molecular weight is 162 g/mol. The van der Waals surface area contributed by atoms with E-state index < -0.39 is 0 Å². The molecular formula is C12H18. The molecule has 0 atom stereocenters. The lowest BCUT2D eigenvalue weighted by Gasteiger charge is -2.09. The van der Waals surface area contributed by atoms with Crippen LogP contribution >= 0.6 is 0 Å². The molecule has 0 heteroatoms. The van der Waals surface area contributed by atoms with Gasteiger partial charge in [-0.2, -0.15) is 0 Å². The molecular weight excluding hydrogens is 144 g/mol. The van der Waals surface area contributed by atoms with Crippen molar-refractivity contribution in [2.24, 2.45) is 5.41 Å². The SMILES string of the molecule is C1=CCCCC2(/C=C\CC1)CC2. The second kappa shape index (κ2) is 3.47. The maximum Gasteiger partial charge on any atom is -0.0117 e. The van der Waals surface area contributed by atoms with Crippen molar-refractivity contribution in [1.82, 2.24) is 0 Å². The Morgan fingerprint density at radius 2 is 1.50 bits per heavy atom. The molecule has 0 aliphatic heterocycles. The predicted molar refractivity (Wildman–Crippen MR) is 53.0 cm³/mol. The van der Waals surface area contributed by atoms with Crippen molar-refractivity contribution >= 4 is 0 Å². The summed E-state index contributed by atoms with van der Waals surface area (Å²) in [4.78, 5) is 0. The fourth-order valence-corrected chi connectivity index (χ4v) is 1.99. The summed E-state index contributed by atoms with van der Waals surface area (Å²) in [6, 6.07) is 0. The van der Waals surface area contributed by atoms with Gasteiger partial charge >= 0.3 is 0 Å². The average Bonchev–Trinajstić information content (AvgIpc) is 2.84. The highest BCUT2D eigenvalue weighted by Crippen LogP contribution is 2.51. The van der Waals surface area contributed by atoms with Gasteiger partial charge in [0, 0.05) is 0 Å². The molecule has 0 bridgehead atoms. The van der Waals surface area contributed by atoms with Crippen molar-refractivity contribution < 1.29 is 0 Å². The summed E-state index contributed by atoms with van der Waals surface area (Å²) in [5.41, 5.74) is 0.672. The lowest BCUT2D eigenvalue weighted by atomic mass is 9.97. The molecule has 0 saturated heterocycles. The number of hydrogen-bond acceptors (Lipinski definition) is 0. The monoisotopic (exact) mass is 162 g/mol. The van der Waals surface area contributed by atoms with E-state index in [-0.39, 0.29) is 0 Å². The number of hydrogen-bond donors (Lipinski definition) is 0. The molecule has 1 spiro atoms. The first-order valence-electron chi connectivity index (χ1n) is 5.24. The minimum absolute atomic E-state index is 0.672. The van der Waals surface area contributed by atoms with Crippen LogP contribution < -0.4 is 0 Å². The molecule has 0 heterocycles. The molecule has 1 fully saturated rings. The zero-order chi connectivity index (χ0) is 8.28. The van der Waals surface area contributed by atoms with Crippen LogP contribution in [-0.2, 0) is 0 Å². The van der Waals surface area contributed by atoms with Gasteiger partial charge in [-0.25, -0.2) is 0 Å². The first-order chi connectivity index (χ1) is 5.91. The molecule has 66 valence electrons. The van der Waals surface area contributed by atoms with Crippen LogP contribution in [0.5, 0.6) is 0 Å². The molecule has 0 N–H and O–H groups in total. The summed E-state index contributed by atoms with van der Waals surface area (Å²) in [5.74, 6) is 0. The highest BCUT2D eigenvalue weighted by Gasteiger charge is 2.38. The van der Waals surface area contributed by atoms with E-state index in [1.807, 2.05) is 0 Å². The lowest BCUT2D eigenvalue weighted by molar-refractivity contribution is 0.552. The summed E-state index contributed by atoms with van der Waals surface area (Å²) in [6.07, 6.45) is 19.1. The van der Waals surface area contributed by atoms with Gasteiger partial charge in [-0.05, 0) is 50.4 Å². The first kappa shape index (κ1) is 8.10. The molecule has 0 radical (unpaired) electrons. The van der Waals surface area contributed by atoms with E-state index in [9.17, 15) is 0 Å². The summed E-state index contributed by atoms with van der Waals surface area (Å²) in [7, 11) is 0.